The van der Waals surface area contributed by atoms with Crippen molar-refractivity contribution < 1.29 is 22.7 Å². The van der Waals surface area contributed by atoms with Gasteiger partial charge in [0.25, 0.3) is 0 Å². The molecule has 0 unspecified atom stereocenters. The highest BCUT2D eigenvalue weighted by molar-refractivity contribution is 6.27. The summed E-state index contributed by atoms with van der Waals surface area (Å²) in [6, 6.07) is 0. The third kappa shape index (κ3) is 2.43. The van der Waals surface area contributed by atoms with Crippen LogP contribution >= 0.6 is 11.6 Å². The lowest BCUT2D eigenvalue weighted by atomic mass is 9.90. The molecule has 0 radical (unpaired) electrons. The lowest BCUT2D eigenvalue weighted by molar-refractivity contribution is -0.281. The molecule has 1 amide bonds. The van der Waals surface area contributed by atoms with E-state index in [0.717, 1.165) is 7.11 Å². The first-order chi connectivity index (χ1) is 7.36. The van der Waals surface area contributed by atoms with Gasteiger partial charge in [-0.25, -0.2) is 0 Å². The number of carbonyl (C=O) groups excluding carboxylic acids is 1. The van der Waals surface area contributed by atoms with Crippen molar-refractivity contribution in [1.82, 2.24) is 4.90 Å². The average Bonchev–Trinajstić information content (AvgIpc) is 2.26. The van der Waals surface area contributed by atoms with Crippen molar-refractivity contribution in [2.24, 2.45) is 0 Å². The summed E-state index contributed by atoms with van der Waals surface area (Å²) in [6.07, 6.45) is -4.89. The Morgan fingerprint density at radius 2 is 1.94 bits per heavy atom. The molecular formula is C9H13ClF3NO2. The van der Waals surface area contributed by atoms with Crippen molar-refractivity contribution in [1.29, 1.82) is 0 Å². The number of hydrogen-bond acceptors (Lipinski definition) is 2. The predicted molar refractivity (Wildman–Crippen MR) is 52.3 cm³/mol. The molecule has 0 aromatic carbocycles. The number of methoxy groups -OCH3 is 1. The van der Waals surface area contributed by atoms with E-state index in [1.165, 1.54) is 4.90 Å². The van der Waals surface area contributed by atoms with E-state index >= 15 is 0 Å². The number of ether oxygens (including phenoxy) is 1. The molecule has 7 heteroatoms. The maximum Gasteiger partial charge on any atom is 0.417 e. The number of likely N-dealkylation sites (tertiary alicyclic amines) is 1. The largest absolute Gasteiger partial charge is 0.417 e. The van der Waals surface area contributed by atoms with E-state index < -0.39 is 11.8 Å². The highest BCUT2D eigenvalue weighted by Gasteiger charge is 2.56. The van der Waals surface area contributed by atoms with Crippen LogP contribution < -0.4 is 0 Å². The van der Waals surface area contributed by atoms with E-state index in [2.05, 4.69) is 4.74 Å². The topological polar surface area (TPSA) is 29.5 Å². The van der Waals surface area contributed by atoms with Crippen LogP contribution in [0.4, 0.5) is 13.2 Å². The van der Waals surface area contributed by atoms with Gasteiger partial charge in [0.15, 0.2) is 5.60 Å². The number of nitrogens with zero attached hydrogens (tertiary/aromatic N) is 1. The first kappa shape index (κ1) is 13.6. The fraction of sp³-hybridized carbons (Fsp3) is 0.889. The Balaban J connectivity index is 2.68. The van der Waals surface area contributed by atoms with Gasteiger partial charge < -0.3 is 9.64 Å². The molecule has 1 aliphatic rings. The summed E-state index contributed by atoms with van der Waals surface area (Å²) in [6.45, 7) is 0.0534. The Morgan fingerprint density at radius 3 is 2.25 bits per heavy atom. The molecule has 0 saturated carbocycles. The Hall–Kier alpha value is -0.490. The van der Waals surface area contributed by atoms with E-state index in [9.17, 15) is 18.0 Å². The Bertz CT molecular complexity index is 262. The second-order valence-corrected chi connectivity index (χ2v) is 3.98. The van der Waals surface area contributed by atoms with E-state index in [-0.39, 0.29) is 37.7 Å². The summed E-state index contributed by atoms with van der Waals surface area (Å²) in [7, 11) is 1.05. The molecule has 0 N–H and O–H groups in total. The fourth-order valence-corrected chi connectivity index (χ4v) is 1.97. The minimum absolute atomic E-state index is 0.0267. The zero-order valence-electron chi connectivity index (χ0n) is 8.81. The molecule has 1 aliphatic heterocycles. The van der Waals surface area contributed by atoms with Crippen molar-refractivity contribution in [3.05, 3.63) is 0 Å². The van der Waals surface area contributed by atoms with Gasteiger partial charge in [0, 0.05) is 33.0 Å². The molecule has 0 bridgehead atoms. The van der Waals surface area contributed by atoms with Crippen molar-refractivity contribution in [2.45, 2.75) is 24.6 Å². The van der Waals surface area contributed by atoms with Crippen LogP contribution in [0.25, 0.3) is 0 Å². The highest BCUT2D eigenvalue weighted by atomic mass is 35.5. The first-order valence-electron chi connectivity index (χ1n) is 4.82. The molecule has 0 spiro atoms. The number of piperidine rings is 1. The van der Waals surface area contributed by atoms with Crippen LogP contribution in [0.5, 0.6) is 0 Å². The molecular weight excluding hydrogens is 247 g/mol. The second-order valence-electron chi connectivity index (χ2n) is 3.71. The number of halogens is 4. The molecule has 0 aliphatic carbocycles. The van der Waals surface area contributed by atoms with Gasteiger partial charge in [-0.15, -0.1) is 11.6 Å². The second kappa shape index (κ2) is 4.79. The third-order valence-electron chi connectivity index (χ3n) is 2.95. The van der Waals surface area contributed by atoms with Crippen LogP contribution in [-0.2, 0) is 9.53 Å². The van der Waals surface area contributed by atoms with Crippen molar-refractivity contribution in [3.8, 4) is 0 Å². The predicted octanol–water partition coefficient (Wildman–Crippen LogP) is 1.80. The standard InChI is InChI=1S/C9H13ClF3NO2/c1-16-8(9(11,12)13)2-4-14(5-3-8)7(15)6-10/h2-6H2,1H3. The highest BCUT2D eigenvalue weighted by Crippen LogP contribution is 2.41. The number of carbonyl (C=O) groups is 1. The van der Waals surface area contributed by atoms with Gasteiger partial charge >= 0.3 is 6.18 Å². The number of alkyl halides is 4. The number of rotatable bonds is 2. The van der Waals surface area contributed by atoms with Crippen LogP contribution in [0, 0.1) is 0 Å². The Morgan fingerprint density at radius 1 is 1.44 bits per heavy atom. The lowest BCUT2D eigenvalue weighted by Crippen LogP contribution is -2.55. The molecule has 94 valence electrons. The fourth-order valence-electron chi connectivity index (χ4n) is 1.81. The van der Waals surface area contributed by atoms with Crippen LogP contribution in [0.15, 0.2) is 0 Å². The monoisotopic (exact) mass is 259 g/mol. The molecule has 3 nitrogen and oxygen atoms in total. The van der Waals surface area contributed by atoms with Gasteiger partial charge in [-0.1, -0.05) is 0 Å². The van der Waals surface area contributed by atoms with E-state index in [1.54, 1.807) is 0 Å². The molecule has 0 atom stereocenters. The van der Waals surface area contributed by atoms with Gasteiger partial charge in [0.2, 0.25) is 5.91 Å². The van der Waals surface area contributed by atoms with Gasteiger partial charge in [-0.05, 0) is 0 Å². The van der Waals surface area contributed by atoms with E-state index in [0.29, 0.717) is 0 Å². The summed E-state index contributed by atoms with van der Waals surface area (Å²) in [5.41, 5.74) is -2.11. The van der Waals surface area contributed by atoms with E-state index in [4.69, 9.17) is 11.6 Å². The number of hydrogen-bond donors (Lipinski definition) is 0. The van der Waals surface area contributed by atoms with Crippen molar-refractivity contribution >= 4 is 17.5 Å². The summed E-state index contributed by atoms with van der Waals surface area (Å²) < 4.78 is 42.9. The maximum atomic E-state index is 12.8. The maximum absolute atomic E-state index is 12.8. The lowest BCUT2D eigenvalue weighted by Gasteiger charge is -2.41. The Labute approximate surface area is 96.5 Å². The van der Waals surface area contributed by atoms with Crippen LogP contribution in [-0.4, -0.2) is 48.7 Å². The zero-order chi connectivity index (χ0) is 12.4. The summed E-state index contributed by atoms with van der Waals surface area (Å²) in [5, 5.41) is 0. The smallest absolute Gasteiger partial charge is 0.369 e. The molecule has 0 aromatic heterocycles. The van der Waals surface area contributed by atoms with E-state index in [1.807, 2.05) is 0 Å². The normalized spacial score (nSPS) is 20.9. The van der Waals surface area contributed by atoms with Crippen molar-refractivity contribution in [2.75, 3.05) is 26.1 Å². The molecule has 0 aromatic rings. The molecule has 16 heavy (non-hydrogen) atoms. The van der Waals surface area contributed by atoms with Crippen molar-refractivity contribution in [3.63, 3.8) is 0 Å². The first-order valence-corrected chi connectivity index (χ1v) is 5.35. The minimum Gasteiger partial charge on any atom is -0.369 e. The summed E-state index contributed by atoms with van der Waals surface area (Å²) in [4.78, 5) is 12.5. The van der Waals surface area contributed by atoms with Gasteiger partial charge in [-0.2, -0.15) is 13.2 Å². The third-order valence-corrected chi connectivity index (χ3v) is 3.17. The molecule has 1 fully saturated rings. The van der Waals surface area contributed by atoms with Gasteiger partial charge in [0.05, 0.1) is 0 Å². The Kier molecular flexibility index (Phi) is 4.07. The van der Waals surface area contributed by atoms with Gasteiger partial charge in [-0.3, -0.25) is 4.79 Å². The van der Waals surface area contributed by atoms with Gasteiger partial charge in [0.1, 0.15) is 5.88 Å². The average molecular weight is 260 g/mol. The van der Waals surface area contributed by atoms with Crippen LogP contribution in [0.2, 0.25) is 0 Å². The SMILES string of the molecule is COC1(C(F)(F)F)CCN(C(=O)CCl)CC1. The summed E-state index contributed by atoms with van der Waals surface area (Å²) >= 11 is 5.34. The quantitative estimate of drug-likeness (QED) is 0.708. The number of amides is 1. The molecule has 1 saturated heterocycles. The zero-order valence-corrected chi connectivity index (χ0v) is 9.57. The van der Waals surface area contributed by atoms with Crippen LogP contribution in [0.3, 0.4) is 0 Å². The molecule has 1 rings (SSSR count). The summed E-state index contributed by atoms with van der Waals surface area (Å²) in [5.74, 6) is -0.542. The minimum atomic E-state index is -4.40. The van der Waals surface area contributed by atoms with Crippen LogP contribution in [0.1, 0.15) is 12.8 Å². The molecule has 1 heterocycles.